The molecular formula is C14H18FN3O3S. The highest BCUT2D eigenvalue weighted by Crippen LogP contribution is 2.32. The summed E-state index contributed by atoms with van der Waals surface area (Å²) in [6.07, 6.45) is 2.31. The van der Waals surface area contributed by atoms with Crippen molar-refractivity contribution in [2.45, 2.75) is 18.9 Å². The molecule has 1 heterocycles. The number of halogens is 1. The summed E-state index contributed by atoms with van der Waals surface area (Å²) in [5.74, 6) is 0.131. The molecule has 0 radical (unpaired) electrons. The van der Waals surface area contributed by atoms with Crippen LogP contribution in [0.2, 0.25) is 0 Å². The molecule has 2 aliphatic rings. The summed E-state index contributed by atoms with van der Waals surface area (Å²) >= 11 is 0. The third kappa shape index (κ3) is 3.01. The zero-order valence-corrected chi connectivity index (χ0v) is 13.0. The number of benzene rings is 1. The maximum Gasteiger partial charge on any atom is 0.239 e. The van der Waals surface area contributed by atoms with Crippen LogP contribution in [0.25, 0.3) is 0 Å². The fourth-order valence-electron chi connectivity index (χ4n) is 2.26. The minimum Gasteiger partial charge on any atom is -0.493 e. The first-order valence-corrected chi connectivity index (χ1v) is 8.70. The Labute approximate surface area is 128 Å². The third-order valence-corrected chi connectivity index (χ3v) is 5.66. The first kappa shape index (κ1) is 15.1. The van der Waals surface area contributed by atoms with Crippen molar-refractivity contribution in [3.63, 3.8) is 0 Å². The van der Waals surface area contributed by atoms with Gasteiger partial charge in [0.1, 0.15) is 11.6 Å². The van der Waals surface area contributed by atoms with Crippen molar-refractivity contribution >= 4 is 16.0 Å². The van der Waals surface area contributed by atoms with Gasteiger partial charge in [0.25, 0.3) is 0 Å². The number of guanidine groups is 1. The van der Waals surface area contributed by atoms with Gasteiger partial charge in [-0.05, 0) is 37.0 Å². The van der Waals surface area contributed by atoms with Gasteiger partial charge < -0.3 is 10.5 Å². The topological polar surface area (TPSA) is 85.0 Å². The fraction of sp³-hybridized carbons (Fsp3) is 0.500. The lowest BCUT2D eigenvalue weighted by Crippen LogP contribution is -2.45. The van der Waals surface area contributed by atoms with Crippen molar-refractivity contribution in [1.82, 2.24) is 4.31 Å². The van der Waals surface area contributed by atoms with E-state index in [1.165, 1.54) is 25.2 Å². The van der Waals surface area contributed by atoms with Gasteiger partial charge in [-0.25, -0.2) is 22.1 Å². The highest BCUT2D eigenvalue weighted by Gasteiger charge is 2.32. The summed E-state index contributed by atoms with van der Waals surface area (Å²) in [5, 5.41) is 0. The average molecular weight is 327 g/mol. The van der Waals surface area contributed by atoms with Crippen LogP contribution in [0.3, 0.4) is 0 Å². The van der Waals surface area contributed by atoms with E-state index in [-0.39, 0.29) is 17.3 Å². The van der Waals surface area contributed by atoms with Gasteiger partial charge in [0.15, 0.2) is 0 Å². The van der Waals surface area contributed by atoms with Crippen LogP contribution in [0, 0.1) is 11.7 Å². The summed E-state index contributed by atoms with van der Waals surface area (Å²) in [5.41, 5.74) is 5.81. The van der Waals surface area contributed by atoms with E-state index >= 15 is 0 Å². The number of rotatable bonds is 4. The minimum absolute atomic E-state index is 0.139. The van der Waals surface area contributed by atoms with Crippen LogP contribution < -0.4 is 10.5 Å². The average Bonchev–Trinajstić information content (AvgIpc) is 3.27. The second-order valence-electron chi connectivity index (χ2n) is 5.69. The van der Waals surface area contributed by atoms with Gasteiger partial charge in [0.2, 0.25) is 16.0 Å². The predicted octanol–water partition coefficient (Wildman–Crippen LogP) is 1.25. The van der Waals surface area contributed by atoms with Gasteiger partial charge in [0, 0.05) is 12.6 Å². The maximum atomic E-state index is 14.1. The molecule has 22 heavy (non-hydrogen) atoms. The number of aliphatic imine (C=N–C) groups is 1. The Morgan fingerprint density at radius 3 is 2.82 bits per heavy atom. The molecular weight excluding hydrogens is 309 g/mol. The van der Waals surface area contributed by atoms with Gasteiger partial charge in [0.05, 0.1) is 18.4 Å². The second kappa shape index (κ2) is 5.42. The Hall–Kier alpha value is -1.83. The fourth-order valence-corrected chi connectivity index (χ4v) is 3.47. The molecule has 1 aliphatic heterocycles. The summed E-state index contributed by atoms with van der Waals surface area (Å²) < 4.78 is 44.6. The molecule has 1 aromatic carbocycles. The Balaban J connectivity index is 1.88. The normalized spacial score (nSPS) is 24.0. The molecule has 1 unspecified atom stereocenters. The van der Waals surface area contributed by atoms with Crippen LogP contribution in [0.1, 0.15) is 24.4 Å². The van der Waals surface area contributed by atoms with Gasteiger partial charge in [-0.2, -0.15) is 0 Å². The van der Waals surface area contributed by atoms with Crippen LogP contribution in [0.5, 0.6) is 5.75 Å². The molecule has 0 amide bonds. The molecule has 0 bridgehead atoms. The molecule has 3 rings (SSSR count). The van der Waals surface area contributed by atoms with Gasteiger partial charge in [-0.3, -0.25) is 0 Å². The summed E-state index contributed by atoms with van der Waals surface area (Å²) in [4.78, 5) is 4.08. The minimum atomic E-state index is -3.58. The monoisotopic (exact) mass is 327 g/mol. The molecule has 8 heteroatoms. The molecule has 1 aromatic rings. The van der Waals surface area contributed by atoms with Crippen molar-refractivity contribution in [2.24, 2.45) is 16.6 Å². The number of nitrogens with two attached hydrogens (primary N) is 1. The van der Waals surface area contributed by atoms with Crippen molar-refractivity contribution in [1.29, 1.82) is 0 Å². The predicted molar refractivity (Wildman–Crippen MR) is 80.5 cm³/mol. The molecule has 120 valence electrons. The van der Waals surface area contributed by atoms with E-state index in [0.29, 0.717) is 18.3 Å². The van der Waals surface area contributed by atoms with Crippen molar-refractivity contribution in [3.8, 4) is 5.75 Å². The van der Waals surface area contributed by atoms with E-state index in [9.17, 15) is 12.8 Å². The second-order valence-corrected chi connectivity index (χ2v) is 7.73. The molecule has 6 nitrogen and oxygen atoms in total. The highest BCUT2D eigenvalue weighted by molar-refractivity contribution is 7.89. The van der Waals surface area contributed by atoms with Crippen LogP contribution in [-0.4, -0.2) is 38.1 Å². The Morgan fingerprint density at radius 1 is 1.45 bits per heavy atom. The van der Waals surface area contributed by atoms with Gasteiger partial charge in [-0.15, -0.1) is 0 Å². The zero-order chi connectivity index (χ0) is 15.9. The summed E-state index contributed by atoms with van der Waals surface area (Å²) in [6, 6.07) is 3.47. The Kier molecular flexibility index (Phi) is 3.72. The molecule has 1 fully saturated rings. The van der Waals surface area contributed by atoms with E-state index in [4.69, 9.17) is 10.5 Å². The zero-order valence-electron chi connectivity index (χ0n) is 12.2. The molecule has 2 N–H and O–H groups in total. The van der Waals surface area contributed by atoms with E-state index < -0.39 is 21.9 Å². The third-order valence-electron chi connectivity index (χ3n) is 3.91. The number of ether oxygens (including phenoxy) is 1. The summed E-state index contributed by atoms with van der Waals surface area (Å²) in [7, 11) is -2.25. The first-order chi connectivity index (χ1) is 10.4. The molecule has 1 atom stereocenters. The van der Waals surface area contributed by atoms with Crippen molar-refractivity contribution < 1.29 is 17.5 Å². The number of sulfonamides is 1. The molecule has 0 spiro atoms. The number of hydrogen-bond donors (Lipinski definition) is 1. The van der Waals surface area contributed by atoms with E-state index in [2.05, 4.69) is 4.99 Å². The Bertz CT molecular complexity index is 716. The lowest BCUT2D eigenvalue weighted by molar-refractivity contribution is 0.298. The standard InChI is InChI=1S/C14H18FN3O3S/c1-18-14(16)17-13(8-22(18,19)20)11-6-10(4-5-12(11)15)21-7-9-2-3-9/h4-6,9,13H,2-3,7-8H2,1H3,(H2,16,17). The van der Waals surface area contributed by atoms with Crippen molar-refractivity contribution in [2.75, 3.05) is 19.4 Å². The quantitative estimate of drug-likeness (QED) is 0.902. The van der Waals surface area contributed by atoms with E-state index in [1.54, 1.807) is 0 Å². The van der Waals surface area contributed by atoms with Crippen LogP contribution >= 0.6 is 0 Å². The first-order valence-electron chi connectivity index (χ1n) is 7.09. The van der Waals surface area contributed by atoms with Crippen LogP contribution in [0.15, 0.2) is 23.2 Å². The van der Waals surface area contributed by atoms with Crippen molar-refractivity contribution in [3.05, 3.63) is 29.6 Å². The number of hydrogen-bond acceptors (Lipinski definition) is 5. The molecule has 0 aromatic heterocycles. The molecule has 1 aliphatic carbocycles. The highest BCUT2D eigenvalue weighted by atomic mass is 32.2. The van der Waals surface area contributed by atoms with Crippen LogP contribution in [0.4, 0.5) is 4.39 Å². The molecule has 1 saturated carbocycles. The maximum absolute atomic E-state index is 14.1. The van der Waals surface area contributed by atoms with E-state index in [1.807, 2.05) is 0 Å². The van der Waals surface area contributed by atoms with E-state index in [0.717, 1.165) is 17.1 Å². The van der Waals surface area contributed by atoms with Crippen LogP contribution in [-0.2, 0) is 10.0 Å². The molecule has 0 saturated heterocycles. The van der Waals surface area contributed by atoms with Gasteiger partial charge >= 0.3 is 0 Å². The van der Waals surface area contributed by atoms with Gasteiger partial charge in [-0.1, -0.05) is 0 Å². The lowest BCUT2D eigenvalue weighted by atomic mass is 10.1. The number of nitrogens with zero attached hydrogens (tertiary/aromatic N) is 2. The Morgan fingerprint density at radius 2 is 2.18 bits per heavy atom. The lowest BCUT2D eigenvalue weighted by Gasteiger charge is -2.27. The largest absolute Gasteiger partial charge is 0.493 e. The summed E-state index contributed by atoms with van der Waals surface area (Å²) in [6.45, 7) is 0.599. The SMILES string of the molecule is CN1C(N)=NC(c2cc(OCC3CC3)ccc2F)CS1(=O)=O. The smallest absolute Gasteiger partial charge is 0.239 e.